The van der Waals surface area contributed by atoms with E-state index in [4.69, 9.17) is 11.6 Å². The summed E-state index contributed by atoms with van der Waals surface area (Å²) in [4.78, 5) is 61.7. The second-order valence-electron chi connectivity index (χ2n) is 7.43. The van der Waals surface area contributed by atoms with Crippen LogP contribution in [-0.2, 0) is 35.4 Å². The van der Waals surface area contributed by atoms with Crippen LogP contribution in [0.3, 0.4) is 0 Å². The van der Waals surface area contributed by atoms with Crippen molar-refractivity contribution in [2.24, 2.45) is 11.6 Å². The van der Waals surface area contributed by atoms with Gasteiger partial charge in [0.15, 0.2) is 0 Å². The number of hydrogen-bond acceptors (Lipinski definition) is 9. The number of nitrogens with two attached hydrogens (primary N) is 2. The first-order valence-electron chi connectivity index (χ1n) is 9.44. The van der Waals surface area contributed by atoms with Crippen LogP contribution in [0, 0.1) is 0 Å². The molecule has 0 heterocycles. The van der Waals surface area contributed by atoms with E-state index in [1.54, 1.807) is 0 Å². The summed E-state index contributed by atoms with van der Waals surface area (Å²) in [6.45, 7) is -0.555. The van der Waals surface area contributed by atoms with Crippen molar-refractivity contribution in [1.29, 1.82) is 0 Å². The summed E-state index contributed by atoms with van der Waals surface area (Å²) < 4.78 is 0. The third-order valence-corrected chi connectivity index (χ3v) is 4.88. The number of anilines is 1. The molecule has 0 aliphatic heterocycles. The smallest absolute Gasteiger partial charge is 0.305 e. The third-order valence-electron chi connectivity index (χ3n) is 4.88. The van der Waals surface area contributed by atoms with Crippen molar-refractivity contribution >= 4 is 35.5 Å². The predicted octanol–water partition coefficient (Wildman–Crippen LogP) is -1.06. The maximum Gasteiger partial charge on any atom is 0.305 e. The van der Waals surface area contributed by atoms with Crippen molar-refractivity contribution in [3.63, 3.8) is 0 Å². The van der Waals surface area contributed by atoms with E-state index in [1.807, 2.05) is 0 Å². The highest BCUT2D eigenvalue weighted by molar-refractivity contribution is 5.91. The number of amides is 1. The number of aliphatic carboxylic acids is 4. The lowest BCUT2D eigenvalue weighted by atomic mass is 9.68. The zero-order valence-electron chi connectivity index (χ0n) is 17.4. The van der Waals surface area contributed by atoms with Gasteiger partial charge in [0.1, 0.15) is 6.61 Å². The molecule has 0 unspecified atom stereocenters. The Labute approximate surface area is 187 Å². The summed E-state index contributed by atoms with van der Waals surface area (Å²) in [5, 5.41) is 42.6. The number of carbonyl (C=O) groups is 5. The molecule has 0 aliphatic rings. The molecule has 0 atom stereocenters. The Hall–Kier alpha value is -3.59. The molecule has 1 aromatic rings. The second-order valence-corrected chi connectivity index (χ2v) is 7.43. The molecule has 14 heteroatoms. The summed E-state index contributed by atoms with van der Waals surface area (Å²) in [6.07, 6.45) is -3.91. The van der Waals surface area contributed by atoms with Crippen molar-refractivity contribution in [3.8, 4) is 0 Å². The first-order valence-corrected chi connectivity index (χ1v) is 9.44. The molecular weight excluding hydrogens is 444 g/mol. The Bertz CT molecular complexity index is 855. The highest BCUT2D eigenvalue weighted by Crippen LogP contribution is 2.34. The average molecular weight is 470 g/mol. The van der Waals surface area contributed by atoms with Gasteiger partial charge in [-0.3, -0.25) is 28.8 Å². The molecule has 0 saturated carbocycles. The molecule has 182 valence electrons. The van der Waals surface area contributed by atoms with E-state index >= 15 is 0 Å². The first-order chi connectivity index (χ1) is 15.3. The number of benzene rings is 1. The molecule has 0 radical (unpaired) electrons. The maximum atomic E-state index is 11.6. The van der Waals surface area contributed by atoms with Gasteiger partial charge in [0, 0.05) is 12.2 Å². The van der Waals surface area contributed by atoms with E-state index < -0.39 is 66.5 Å². The Morgan fingerprint density at radius 1 is 0.818 bits per heavy atom. The molecule has 0 fully saturated rings. The molecule has 33 heavy (non-hydrogen) atoms. The average Bonchev–Trinajstić information content (AvgIpc) is 2.65. The standard InChI is InChI=1S/C19H26N4O10/c20-18(5-14(25)26,6-15(27)28)19(7-16(29)30,8-17(31)32)22-9-11-1-3-12(4-2-11)23-13(24)10-33-21/h1-4,22H,5-10,20-21H2,(H,23,24)(H,25,26)(H,27,28)(H,29,30)(H,31,32). The van der Waals surface area contributed by atoms with Crippen molar-refractivity contribution in [2.75, 3.05) is 11.9 Å². The van der Waals surface area contributed by atoms with Crippen LogP contribution >= 0.6 is 0 Å². The van der Waals surface area contributed by atoms with Crippen LogP contribution in [0.1, 0.15) is 31.2 Å². The topological polar surface area (TPSA) is 252 Å². The normalized spacial score (nSPS) is 11.6. The molecule has 1 aromatic carbocycles. The van der Waals surface area contributed by atoms with E-state index in [-0.39, 0.29) is 13.2 Å². The van der Waals surface area contributed by atoms with Gasteiger partial charge in [0.2, 0.25) is 0 Å². The van der Waals surface area contributed by atoms with Crippen LogP contribution in [0.4, 0.5) is 5.69 Å². The van der Waals surface area contributed by atoms with Gasteiger partial charge in [-0.05, 0) is 17.7 Å². The molecule has 0 saturated heterocycles. The number of carbonyl (C=O) groups excluding carboxylic acids is 1. The molecule has 0 bridgehead atoms. The number of carboxylic acids is 4. The Morgan fingerprint density at radius 3 is 1.67 bits per heavy atom. The fourth-order valence-electron chi connectivity index (χ4n) is 3.42. The third kappa shape index (κ3) is 8.46. The minimum atomic E-state index is -2.27. The summed E-state index contributed by atoms with van der Waals surface area (Å²) in [7, 11) is 0. The van der Waals surface area contributed by atoms with Gasteiger partial charge in [-0.25, -0.2) is 5.90 Å². The van der Waals surface area contributed by atoms with Gasteiger partial charge in [-0.2, -0.15) is 0 Å². The Balaban J connectivity index is 3.29. The molecule has 14 nitrogen and oxygen atoms in total. The van der Waals surface area contributed by atoms with Gasteiger partial charge in [-0.1, -0.05) is 12.1 Å². The molecular formula is C19H26N4O10. The van der Waals surface area contributed by atoms with Crippen molar-refractivity contribution in [2.45, 2.75) is 43.3 Å². The summed E-state index contributed by atoms with van der Waals surface area (Å²) in [6, 6.07) is 6.02. The highest BCUT2D eigenvalue weighted by atomic mass is 16.6. The van der Waals surface area contributed by atoms with E-state index in [0.29, 0.717) is 11.3 Å². The fraction of sp³-hybridized carbons (Fsp3) is 0.421. The van der Waals surface area contributed by atoms with Gasteiger partial charge in [0.05, 0.1) is 36.8 Å². The van der Waals surface area contributed by atoms with Gasteiger partial charge in [0.25, 0.3) is 5.91 Å². The van der Waals surface area contributed by atoms with Crippen molar-refractivity contribution in [1.82, 2.24) is 5.32 Å². The van der Waals surface area contributed by atoms with Crippen LogP contribution in [-0.4, -0.2) is 67.9 Å². The van der Waals surface area contributed by atoms with Gasteiger partial charge in [-0.15, -0.1) is 0 Å². The zero-order valence-corrected chi connectivity index (χ0v) is 17.4. The monoisotopic (exact) mass is 470 g/mol. The second kappa shape index (κ2) is 11.9. The van der Waals surface area contributed by atoms with Crippen LogP contribution in [0.5, 0.6) is 0 Å². The van der Waals surface area contributed by atoms with Crippen molar-refractivity contribution < 1.29 is 49.2 Å². The number of hydrogen-bond donors (Lipinski definition) is 8. The summed E-state index contributed by atoms with van der Waals surface area (Å²) >= 11 is 0. The number of nitrogens with one attached hydrogen (secondary N) is 2. The Kier molecular flexibility index (Phi) is 9.87. The highest BCUT2D eigenvalue weighted by Gasteiger charge is 2.53. The van der Waals surface area contributed by atoms with E-state index in [1.165, 1.54) is 24.3 Å². The number of rotatable bonds is 15. The summed E-state index contributed by atoms with van der Waals surface area (Å²) in [5.74, 6) is -1.76. The molecule has 0 spiro atoms. The fourth-order valence-corrected chi connectivity index (χ4v) is 3.42. The van der Waals surface area contributed by atoms with E-state index in [9.17, 15) is 44.4 Å². The van der Waals surface area contributed by atoms with Crippen LogP contribution < -0.4 is 22.3 Å². The molecule has 1 amide bonds. The lowest BCUT2D eigenvalue weighted by Crippen LogP contribution is -2.70. The lowest BCUT2D eigenvalue weighted by Gasteiger charge is -2.46. The molecule has 0 aliphatic carbocycles. The van der Waals surface area contributed by atoms with Crippen LogP contribution in [0.25, 0.3) is 0 Å². The quantitative estimate of drug-likeness (QED) is 0.142. The van der Waals surface area contributed by atoms with Gasteiger partial charge >= 0.3 is 23.9 Å². The molecule has 0 aromatic heterocycles. The molecule has 1 rings (SSSR count). The van der Waals surface area contributed by atoms with Gasteiger partial charge < -0.3 is 36.8 Å². The lowest BCUT2D eigenvalue weighted by molar-refractivity contribution is -0.151. The van der Waals surface area contributed by atoms with Crippen LogP contribution in [0.2, 0.25) is 0 Å². The summed E-state index contributed by atoms with van der Waals surface area (Å²) in [5.41, 5.74) is 2.59. The SMILES string of the molecule is NOCC(=O)Nc1ccc(CNC(CC(=O)O)(CC(=O)O)C(N)(CC(=O)O)CC(=O)O)cc1. The van der Waals surface area contributed by atoms with Crippen LogP contribution in [0.15, 0.2) is 24.3 Å². The number of carboxylic acid groups (broad SMARTS) is 4. The Morgan fingerprint density at radius 2 is 1.27 bits per heavy atom. The largest absolute Gasteiger partial charge is 0.481 e. The molecule has 10 N–H and O–H groups in total. The van der Waals surface area contributed by atoms with E-state index in [0.717, 1.165) is 0 Å². The maximum absolute atomic E-state index is 11.6. The minimum Gasteiger partial charge on any atom is -0.481 e. The van der Waals surface area contributed by atoms with E-state index in [2.05, 4.69) is 15.5 Å². The predicted molar refractivity (Wildman–Crippen MR) is 111 cm³/mol. The minimum absolute atomic E-state index is 0.182. The zero-order chi connectivity index (χ0) is 25.2. The van der Waals surface area contributed by atoms with Crippen molar-refractivity contribution in [3.05, 3.63) is 29.8 Å². The first kappa shape index (κ1) is 27.4.